The zero-order chi connectivity index (χ0) is 24.2. The number of carbonyl (C=O) groups excluding carboxylic acids is 1. The van der Waals surface area contributed by atoms with Crippen LogP contribution in [0.15, 0.2) is 11.0 Å². The fourth-order valence-electron chi connectivity index (χ4n) is 3.92. The number of hydrogen-bond donors (Lipinski definition) is 2. The molecule has 1 saturated heterocycles. The summed E-state index contributed by atoms with van der Waals surface area (Å²) in [5.74, 6) is -4.68. The minimum atomic E-state index is -1.51. The van der Waals surface area contributed by atoms with E-state index >= 15 is 8.78 Å². The summed E-state index contributed by atoms with van der Waals surface area (Å²) in [6.07, 6.45) is 1.39. The Bertz CT molecular complexity index is 1220. The average Bonchev–Trinajstić information content (AvgIpc) is 3.45. The minimum absolute atomic E-state index is 0.0547. The molecule has 11 heteroatoms. The van der Waals surface area contributed by atoms with Gasteiger partial charge >= 0.3 is 12.1 Å². The van der Waals surface area contributed by atoms with Crippen molar-refractivity contribution in [2.24, 2.45) is 0 Å². The lowest BCUT2D eigenvalue weighted by atomic mass is 10.1. The van der Waals surface area contributed by atoms with E-state index in [0.29, 0.717) is 19.3 Å². The van der Waals surface area contributed by atoms with Crippen LogP contribution in [-0.4, -0.2) is 51.4 Å². The van der Waals surface area contributed by atoms with Gasteiger partial charge in [0, 0.05) is 25.2 Å². The van der Waals surface area contributed by atoms with Crippen molar-refractivity contribution in [3.05, 3.63) is 33.6 Å². The van der Waals surface area contributed by atoms with Crippen LogP contribution >= 0.6 is 0 Å². The highest BCUT2D eigenvalue weighted by molar-refractivity contribution is 5.98. The number of likely N-dealkylation sites (tertiary alicyclic amines) is 1. The van der Waals surface area contributed by atoms with E-state index in [1.807, 2.05) is 0 Å². The first-order chi connectivity index (χ1) is 15.4. The van der Waals surface area contributed by atoms with Crippen molar-refractivity contribution in [3.8, 4) is 5.75 Å². The van der Waals surface area contributed by atoms with Gasteiger partial charge in [0.1, 0.15) is 17.3 Å². The third-order valence-corrected chi connectivity index (χ3v) is 5.60. The molecule has 1 atom stereocenters. The Morgan fingerprint density at radius 1 is 1.18 bits per heavy atom. The van der Waals surface area contributed by atoms with Crippen LogP contribution in [0.2, 0.25) is 0 Å². The van der Waals surface area contributed by atoms with Crippen molar-refractivity contribution in [3.63, 3.8) is 0 Å². The fraction of sp³-hybridized carbons (Fsp3) is 0.500. The first-order valence-electron chi connectivity index (χ1n) is 10.6. The molecule has 9 nitrogen and oxygen atoms in total. The molecule has 4 rings (SSSR count). The number of carbonyl (C=O) groups is 2. The maximum absolute atomic E-state index is 15.6. The van der Waals surface area contributed by atoms with Crippen LogP contribution in [0.4, 0.5) is 19.3 Å². The molecule has 1 saturated carbocycles. The molecule has 1 aromatic heterocycles. The Morgan fingerprint density at radius 3 is 2.42 bits per heavy atom. The number of rotatable bonds is 4. The summed E-state index contributed by atoms with van der Waals surface area (Å²) in [6.45, 7) is 5.52. The minimum Gasteiger partial charge on any atom is -0.482 e. The molecular formula is C22H25F2N3O6. The zero-order valence-corrected chi connectivity index (χ0v) is 18.5. The maximum Gasteiger partial charge on any atom is 0.410 e. The smallest absolute Gasteiger partial charge is 0.410 e. The van der Waals surface area contributed by atoms with Crippen LogP contribution in [0.3, 0.4) is 0 Å². The van der Waals surface area contributed by atoms with E-state index in [-0.39, 0.29) is 24.6 Å². The number of pyridine rings is 1. The third-order valence-electron chi connectivity index (χ3n) is 5.60. The molecule has 1 aliphatic heterocycles. The molecule has 33 heavy (non-hydrogen) atoms. The Labute approximate surface area is 187 Å². The first-order valence-corrected chi connectivity index (χ1v) is 10.6. The lowest BCUT2D eigenvalue weighted by molar-refractivity contribution is 0.0274. The number of amides is 1. The predicted octanol–water partition coefficient (Wildman–Crippen LogP) is 3.28. The maximum atomic E-state index is 15.6. The molecule has 2 aliphatic rings. The van der Waals surface area contributed by atoms with Gasteiger partial charge in [-0.1, -0.05) is 0 Å². The Morgan fingerprint density at radius 2 is 1.85 bits per heavy atom. The molecule has 2 aromatic rings. The van der Waals surface area contributed by atoms with Crippen molar-refractivity contribution >= 4 is 28.7 Å². The highest BCUT2D eigenvalue weighted by Crippen LogP contribution is 2.41. The summed E-state index contributed by atoms with van der Waals surface area (Å²) in [4.78, 5) is 37.8. The molecule has 1 unspecified atom stereocenters. The largest absolute Gasteiger partial charge is 0.482 e. The molecule has 1 amide bonds. The van der Waals surface area contributed by atoms with Gasteiger partial charge in [-0.2, -0.15) is 0 Å². The van der Waals surface area contributed by atoms with Gasteiger partial charge in [0.15, 0.2) is 17.4 Å². The lowest BCUT2D eigenvalue weighted by Gasteiger charge is -2.24. The number of benzene rings is 1. The number of anilines is 1. The van der Waals surface area contributed by atoms with Crippen LogP contribution in [0, 0.1) is 11.6 Å². The monoisotopic (exact) mass is 465 g/mol. The summed E-state index contributed by atoms with van der Waals surface area (Å²) in [5.41, 5.74) is 2.52. The van der Waals surface area contributed by atoms with Gasteiger partial charge in [-0.3, -0.25) is 4.79 Å². The van der Waals surface area contributed by atoms with Gasteiger partial charge in [0.05, 0.1) is 23.1 Å². The molecular weight excluding hydrogens is 440 g/mol. The summed E-state index contributed by atoms with van der Waals surface area (Å²) >= 11 is 0. The second kappa shape index (κ2) is 7.89. The molecule has 0 spiro atoms. The molecule has 0 radical (unpaired) electrons. The van der Waals surface area contributed by atoms with Gasteiger partial charge in [-0.25, -0.2) is 18.4 Å². The van der Waals surface area contributed by atoms with Crippen molar-refractivity contribution in [1.29, 1.82) is 0 Å². The van der Waals surface area contributed by atoms with E-state index in [1.54, 1.807) is 20.8 Å². The van der Waals surface area contributed by atoms with E-state index in [9.17, 15) is 19.5 Å². The number of carboxylic acid groups (broad SMARTS) is 1. The van der Waals surface area contributed by atoms with Gasteiger partial charge in [-0.05, 0) is 33.6 Å². The molecule has 178 valence electrons. The van der Waals surface area contributed by atoms with Crippen molar-refractivity contribution in [2.75, 3.05) is 18.8 Å². The SMILES string of the molecule is CC(C)(C)OC(=O)N1CCC(Oc2c(F)c(N)c3c(=O)c(C(=O)O)cn(C4CC4)c3c2F)C1. The third kappa shape index (κ3) is 4.19. The number of ether oxygens (including phenoxy) is 2. The standard InChI is InChI=1S/C22H25F2N3O6/c1-22(2,3)33-21(31)26-7-6-11(8-26)32-19-14(23)16(25)13-17(15(19)24)27(10-4-5-10)9-12(18(13)28)20(29)30/h9-11H,4-8,25H2,1-3H3,(H,29,30). The molecule has 1 aliphatic carbocycles. The van der Waals surface area contributed by atoms with E-state index in [1.165, 1.54) is 9.47 Å². The molecule has 3 N–H and O–H groups in total. The highest BCUT2D eigenvalue weighted by atomic mass is 19.1. The van der Waals surface area contributed by atoms with Crippen LogP contribution < -0.4 is 15.9 Å². The first kappa shape index (κ1) is 22.8. The summed E-state index contributed by atoms with van der Waals surface area (Å²) in [6, 6.07) is -0.229. The molecule has 2 fully saturated rings. The predicted molar refractivity (Wildman–Crippen MR) is 115 cm³/mol. The number of aromatic carboxylic acids is 1. The quantitative estimate of drug-likeness (QED) is 0.664. The number of nitrogens with zero attached hydrogens (tertiary/aromatic N) is 2. The summed E-state index contributed by atoms with van der Waals surface area (Å²) < 4.78 is 42.9. The number of halogens is 2. The number of carboxylic acids is 1. The van der Waals surface area contributed by atoms with Crippen LogP contribution in [0.25, 0.3) is 10.9 Å². The fourth-order valence-corrected chi connectivity index (χ4v) is 3.92. The Hall–Kier alpha value is -3.37. The molecule has 1 aromatic carbocycles. The van der Waals surface area contributed by atoms with Crippen LogP contribution in [0.5, 0.6) is 5.75 Å². The summed E-state index contributed by atoms with van der Waals surface area (Å²) in [5, 5.41) is 8.83. The van der Waals surface area contributed by atoms with Gasteiger partial charge in [-0.15, -0.1) is 0 Å². The number of fused-ring (bicyclic) bond motifs is 1. The van der Waals surface area contributed by atoms with Crippen LogP contribution in [0.1, 0.15) is 56.4 Å². The number of hydrogen-bond acceptors (Lipinski definition) is 6. The van der Waals surface area contributed by atoms with Gasteiger partial charge in [0.25, 0.3) is 0 Å². The average molecular weight is 465 g/mol. The van der Waals surface area contributed by atoms with Crippen molar-refractivity contribution < 1.29 is 33.0 Å². The van der Waals surface area contributed by atoms with E-state index in [0.717, 1.165) is 6.20 Å². The second-order valence-corrected chi connectivity index (χ2v) is 9.36. The zero-order valence-electron chi connectivity index (χ0n) is 18.5. The van der Waals surface area contributed by atoms with Crippen molar-refractivity contribution in [1.82, 2.24) is 9.47 Å². The number of nitrogens with two attached hydrogens (primary N) is 1. The van der Waals surface area contributed by atoms with Gasteiger partial charge in [0.2, 0.25) is 5.43 Å². The van der Waals surface area contributed by atoms with Crippen LogP contribution in [-0.2, 0) is 4.74 Å². The summed E-state index contributed by atoms with van der Waals surface area (Å²) in [7, 11) is 0. The van der Waals surface area contributed by atoms with E-state index in [2.05, 4.69) is 0 Å². The Balaban J connectivity index is 1.72. The second-order valence-electron chi connectivity index (χ2n) is 9.36. The van der Waals surface area contributed by atoms with E-state index in [4.69, 9.17) is 15.2 Å². The normalized spacial score (nSPS) is 18.6. The topological polar surface area (TPSA) is 124 Å². The molecule has 0 bridgehead atoms. The van der Waals surface area contributed by atoms with E-state index < -0.39 is 63.2 Å². The number of nitrogen functional groups attached to an aromatic ring is 1. The highest BCUT2D eigenvalue weighted by Gasteiger charge is 2.35. The van der Waals surface area contributed by atoms with Crippen molar-refractivity contribution in [2.45, 2.75) is 57.8 Å². The lowest BCUT2D eigenvalue weighted by Crippen LogP contribution is -2.36. The Kier molecular flexibility index (Phi) is 5.45. The van der Waals surface area contributed by atoms with Gasteiger partial charge < -0.3 is 29.8 Å². The molecule has 2 heterocycles. The number of aromatic nitrogens is 1.